The fourth-order valence-electron chi connectivity index (χ4n) is 4.20. The highest BCUT2D eigenvalue weighted by Gasteiger charge is 2.55. The maximum atomic E-state index is 12.5. The van der Waals surface area contributed by atoms with Crippen LogP contribution < -0.4 is 4.90 Å². The Hall–Kier alpha value is -1.99. The molecule has 4 aliphatic heterocycles. The molecule has 6 nitrogen and oxygen atoms in total. The minimum absolute atomic E-state index is 0.228. The van der Waals surface area contributed by atoms with Gasteiger partial charge in [-0.05, 0) is 38.1 Å². The lowest BCUT2D eigenvalue weighted by Crippen LogP contribution is -2.61. The van der Waals surface area contributed by atoms with Gasteiger partial charge in [-0.25, -0.2) is 9.78 Å². The molecule has 0 aliphatic carbocycles. The van der Waals surface area contributed by atoms with E-state index in [1.165, 1.54) is 11.3 Å². The summed E-state index contributed by atoms with van der Waals surface area (Å²) in [5, 5.41) is 1.76. The van der Waals surface area contributed by atoms with Gasteiger partial charge in [-0.3, -0.25) is 14.8 Å². The van der Waals surface area contributed by atoms with E-state index in [-0.39, 0.29) is 11.7 Å². The van der Waals surface area contributed by atoms with E-state index >= 15 is 0 Å². The first-order valence-electron chi connectivity index (χ1n) is 8.33. The van der Waals surface area contributed by atoms with Crippen LogP contribution in [-0.2, 0) is 4.74 Å². The Balaban J connectivity index is 1.42. The van der Waals surface area contributed by atoms with Crippen LogP contribution in [0.3, 0.4) is 0 Å². The fourth-order valence-corrected chi connectivity index (χ4v) is 5.11. The second-order valence-corrected chi connectivity index (χ2v) is 7.82. The summed E-state index contributed by atoms with van der Waals surface area (Å²) in [4.78, 5) is 25.2. The van der Waals surface area contributed by atoms with Crippen molar-refractivity contribution in [1.29, 1.82) is 0 Å². The van der Waals surface area contributed by atoms with Gasteiger partial charge < -0.3 is 4.74 Å². The minimum atomic E-state index is -0.325. The molecule has 0 N–H and O–H groups in total. The van der Waals surface area contributed by atoms with Crippen LogP contribution in [0.25, 0.3) is 10.6 Å². The summed E-state index contributed by atoms with van der Waals surface area (Å²) in [6.45, 7) is 3.79. The van der Waals surface area contributed by atoms with E-state index in [9.17, 15) is 4.79 Å². The van der Waals surface area contributed by atoms with Gasteiger partial charge in [0.15, 0.2) is 0 Å². The number of carbonyl (C=O) groups is 1. The quantitative estimate of drug-likeness (QED) is 0.840. The maximum absolute atomic E-state index is 12.5. The molecule has 24 heavy (non-hydrogen) atoms. The molecule has 7 heteroatoms. The first kappa shape index (κ1) is 14.4. The molecule has 0 unspecified atom stereocenters. The van der Waals surface area contributed by atoms with E-state index in [1.807, 2.05) is 12.1 Å². The summed E-state index contributed by atoms with van der Waals surface area (Å²) in [5.41, 5.74) is 0.695. The van der Waals surface area contributed by atoms with Crippen molar-refractivity contribution in [1.82, 2.24) is 14.9 Å². The van der Waals surface area contributed by atoms with Gasteiger partial charge in [0.05, 0.1) is 12.7 Å². The average Bonchev–Trinajstić information content (AvgIpc) is 3.22. The van der Waals surface area contributed by atoms with Crippen molar-refractivity contribution in [3.05, 3.63) is 30.7 Å². The van der Waals surface area contributed by atoms with E-state index in [0.29, 0.717) is 12.5 Å². The van der Waals surface area contributed by atoms with Crippen LogP contribution in [0.2, 0.25) is 0 Å². The van der Waals surface area contributed by atoms with Crippen molar-refractivity contribution in [3.63, 3.8) is 0 Å². The van der Waals surface area contributed by atoms with Gasteiger partial charge in [0.25, 0.3) is 0 Å². The number of amides is 1. The number of pyridine rings is 1. The van der Waals surface area contributed by atoms with E-state index in [4.69, 9.17) is 4.74 Å². The summed E-state index contributed by atoms with van der Waals surface area (Å²) in [5.74, 6) is 0.490. The fraction of sp³-hybridized carbons (Fsp3) is 0.471. The predicted octanol–water partition coefficient (Wildman–Crippen LogP) is 2.63. The normalized spacial score (nSPS) is 31.7. The Labute approximate surface area is 144 Å². The van der Waals surface area contributed by atoms with Crippen molar-refractivity contribution in [3.8, 4) is 10.6 Å². The first-order chi connectivity index (χ1) is 11.7. The van der Waals surface area contributed by atoms with E-state index < -0.39 is 0 Å². The van der Waals surface area contributed by atoms with Crippen molar-refractivity contribution in [2.75, 3.05) is 31.1 Å². The Kier molecular flexibility index (Phi) is 3.14. The molecule has 0 aromatic carbocycles. The van der Waals surface area contributed by atoms with Gasteiger partial charge in [0.1, 0.15) is 15.6 Å². The van der Waals surface area contributed by atoms with Crippen molar-refractivity contribution < 1.29 is 9.53 Å². The summed E-state index contributed by atoms with van der Waals surface area (Å²) >= 11 is 1.53. The number of anilines is 1. The zero-order chi connectivity index (χ0) is 16.1. The largest absolute Gasteiger partial charge is 0.439 e. The Bertz CT molecular complexity index is 772. The second kappa shape index (κ2) is 5.26. The van der Waals surface area contributed by atoms with Gasteiger partial charge in [0, 0.05) is 30.4 Å². The molecular weight excluding hydrogens is 324 g/mol. The van der Waals surface area contributed by atoms with Crippen LogP contribution in [0, 0.1) is 5.92 Å². The van der Waals surface area contributed by atoms with Gasteiger partial charge >= 0.3 is 6.09 Å². The highest BCUT2D eigenvalue weighted by Crippen LogP contribution is 2.44. The molecule has 1 spiro atoms. The number of nitrogens with zero attached hydrogens (tertiary/aromatic N) is 4. The standard InChI is InChI=1S/C17H18N4O2S/c22-16-21(11-17(23-16)10-20-7-3-13(17)4-8-20)14-9-19-15(24-14)12-1-5-18-6-2-12/h1-2,5-6,9,13H,3-4,7-8,10-11H2/t17-/m0/s1. The maximum Gasteiger partial charge on any atom is 0.415 e. The molecule has 1 atom stereocenters. The lowest BCUT2D eigenvalue weighted by Gasteiger charge is -2.49. The molecule has 0 saturated carbocycles. The van der Waals surface area contributed by atoms with Crippen LogP contribution in [-0.4, -0.2) is 52.7 Å². The monoisotopic (exact) mass is 342 g/mol. The molecular formula is C17H18N4O2S. The number of aromatic nitrogens is 2. The Morgan fingerprint density at radius 2 is 2.00 bits per heavy atom. The summed E-state index contributed by atoms with van der Waals surface area (Å²) in [6.07, 6.45) is 7.32. The Morgan fingerprint density at radius 3 is 2.71 bits per heavy atom. The zero-order valence-corrected chi connectivity index (χ0v) is 14.0. The van der Waals surface area contributed by atoms with Crippen molar-refractivity contribution in [2.24, 2.45) is 5.92 Å². The van der Waals surface area contributed by atoms with E-state index in [0.717, 1.165) is 48.0 Å². The van der Waals surface area contributed by atoms with Crippen molar-refractivity contribution >= 4 is 22.4 Å². The molecule has 124 valence electrons. The summed E-state index contributed by atoms with van der Waals surface area (Å²) < 4.78 is 5.92. The second-order valence-electron chi connectivity index (χ2n) is 6.81. The van der Waals surface area contributed by atoms with Gasteiger partial charge in [0.2, 0.25) is 0 Å². The molecule has 0 radical (unpaired) electrons. The van der Waals surface area contributed by atoms with Crippen LogP contribution in [0.15, 0.2) is 30.7 Å². The third kappa shape index (κ3) is 2.15. The third-order valence-electron chi connectivity index (χ3n) is 5.45. The molecule has 2 aromatic rings. The highest BCUT2D eigenvalue weighted by molar-refractivity contribution is 7.19. The van der Waals surface area contributed by atoms with Crippen molar-refractivity contribution in [2.45, 2.75) is 18.4 Å². The lowest BCUT2D eigenvalue weighted by atomic mass is 9.75. The smallest absolute Gasteiger partial charge is 0.415 e. The number of ether oxygens (including phenoxy) is 1. The molecule has 4 saturated heterocycles. The summed E-state index contributed by atoms with van der Waals surface area (Å²) in [6, 6.07) is 3.86. The number of carbonyl (C=O) groups excluding carboxylic acids is 1. The van der Waals surface area contributed by atoms with Gasteiger partial charge in [-0.2, -0.15) is 0 Å². The lowest BCUT2D eigenvalue weighted by molar-refractivity contribution is -0.0881. The van der Waals surface area contributed by atoms with Gasteiger partial charge in [-0.1, -0.05) is 11.3 Å². The van der Waals surface area contributed by atoms with Crippen LogP contribution in [0.4, 0.5) is 9.80 Å². The van der Waals surface area contributed by atoms with Crippen LogP contribution in [0.5, 0.6) is 0 Å². The van der Waals surface area contributed by atoms with E-state index in [1.54, 1.807) is 23.5 Å². The topological polar surface area (TPSA) is 58.6 Å². The first-order valence-corrected chi connectivity index (χ1v) is 9.14. The van der Waals surface area contributed by atoms with Crippen LogP contribution in [0.1, 0.15) is 12.8 Å². The number of rotatable bonds is 2. The number of piperidine rings is 3. The molecule has 6 rings (SSSR count). The number of hydrogen-bond donors (Lipinski definition) is 0. The van der Waals surface area contributed by atoms with Gasteiger partial charge in [-0.15, -0.1) is 0 Å². The molecule has 4 aliphatic rings. The highest BCUT2D eigenvalue weighted by atomic mass is 32.1. The number of thiazole rings is 1. The predicted molar refractivity (Wildman–Crippen MR) is 91.1 cm³/mol. The molecule has 6 heterocycles. The average molecular weight is 342 g/mol. The molecule has 4 fully saturated rings. The minimum Gasteiger partial charge on any atom is -0.439 e. The van der Waals surface area contributed by atoms with Crippen LogP contribution >= 0.6 is 11.3 Å². The third-order valence-corrected chi connectivity index (χ3v) is 6.52. The Morgan fingerprint density at radius 1 is 1.21 bits per heavy atom. The molecule has 2 bridgehead atoms. The number of fused-ring (bicyclic) bond motifs is 2. The van der Waals surface area contributed by atoms with E-state index in [2.05, 4.69) is 14.9 Å². The molecule has 1 amide bonds. The SMILES string of the molecule is O=C1O[C@@]2(CN3CCC2CC3)CN1c1cnc(-c2ccncc2)s1. The zero-order valence-electron chi connectivity index (χ0n) is 13.2. The number of hydrogen-bond acceptors (Lipinski definition) is 6. The molecule has 2 aromatic heterocycles. The summed E-state index contributed by atoms with van der Waals surface area (Å²) in [7, 11) is 0.